The van der Waals surface area contributed by atoms with E-state index < -0.39 is 5.91 Å². The zero-order chi connectivity index (χ0) is 20.6. The quantitative estimate of drug-likeness (QED) is 0.317. The molecule has 0 fully saturated rings. The topological polar surface area (TPSA) is 142 Å². The summed E-state index contributed by atoms with van der Waals surface area (Å²) in [6.45, 7) is 6.67. The number of carbonyl (C=O) groups is 1. The molecule has 0 saturated heterocycles. The van der Waals surface area contributed by atoms with Crippen LogP contribution in [0.1, 0.15) is 48.4 Å². The lowest BCUT2D eigenvalue weighted by atomic mass is 10.2. The molecule has 0 radical (unpaired) electrons. The number of hydrogen-bond acceptors (Lipinski definition) is 9. The summed E-state index contributed by atoms with van der Waals surface area (Å²) in [4.78, 5) is 14.0. The molecule has 4 N–H and O–H groups in total. The third kappa shape index (κ3) is 5.03. The highest BCUT2D eigenvalue weighted by molar-refractivity contribution is 7.08. The molecule has 11 nitrogen and oxygen atoms in total. The molecule has 1 amide bonds. The highest BCUT2D eigenvalue weighted by atomic mass is 32.1. The van der Waals surface area contributed by atoms with Crippen molar-refractivity contribution in [2.45, 2.75) is 33.2 Å². The minimum atomic E-state index is -0.458. The first kappa shape index (κ1) is 20.6. The van der Waals surface area contributed by atoms with Crippen LogP contribution < -0.4 is 16.1 Å². The molecule has 0 aliphatic carbocycles. The van der Waals surface area contributed by atoms with Gasteiger partial charge >= 0.3 is 0 Å². The number of rotatable bonds is 10. The van der Waals surface area contributed by atoms with Gasteiger partial charge in [-0.05, 0) is 40.0 Å². The summed E-state index contributed by atoms with van der Waals surface area (Å²) in [6, 6.07) is 1.90. The monoisotopic (exact) mass is 418 g/mol. The minimum absolute atomic E-state index is 0.0751. The number of nitrogen functional groups attached to an aromatic ring is 1. The van der Waals surface area contributed by atoms with E-state index in [0.717, 1.165) is 31.5 Å². The Hall–Kier alpha value is -3.12. The fraction of sp³-hybridized carbons (Fsp3) is 0.412. The number of carbonyl (C=O) groups excluding carboxylic acids is 1. The Morgan fingerprint density at radius 2 is 2.17 bits per heavy atom. The SMILES string of the molecule is CCC[NH+](CCC)Cc1c(C(=O)NN=Cc2ccsc2)nnn1-c1nonc1N. The van der Waals surface area contributed by atoms with Gasteiger partial charge in [0.25, 0.3) is 5.91 Å². The van der Waals surface area contributed by atoms with E-state index in [1.54, 1.807) is 17.6 Å². The molecule has 3 rings (SSSR count). The fourth-order valence-corrected chi connectivity index (χ4v) is 3.57. The lowest BCUT2D eigenvalue weighted by Crippen LogP contribution is -3.10. The Labute approximate surface area is 171 Å². The molecule has 0 aromatic carbocycles. The van der Waals surface area contributed by atoms with Crippen molar-refractivity contribution in [2.24, 2.45) is 5.10 Å². The Bertz CT molecular complexity index is 942. The molecule has 0 unspecified atom stereocenters. The van der Waals surface area contributed by atoms with E-state index in [2.05, 4.69) is 49.6 Å². The summed E-state index contributed by atoms with van der Waals surface area (Å²) in [5.74, 6) is -0.174. The van der Waals surface area contributed by atoms with Gasteiger partial charge in [-0.15, -0.1) is 5.10 Å². The van der Waals surface area contributed by atoms with Crippen molar-refractivity contribution in [3.05, 3.63) is 33.8 Å². The van der Waals surface area contributed by atoms with Crippen LogP contribution in [0.15, 0.2) is 26.6 Å². The summed E-state index contributed by atoms with van der Waals surface area (Å²) in [6.07, 6.45) is 3.60. The molecule has 29 heavy (non-hydrogen) atoms. The minimum Gasteiger partial charge on any atom is -0.378 e. The van der Waals surface area contributed by atoms with Crippen LogP contribution in [0.2, 0.25) is 0 Å². The Balaban J connectivity index is 1.88. The number of hydrazone groups is 1. The predicted octanol–water partition coefficient (Wildman–Crippen LogP) is 0.263. The number of thiophene rings is 1. The van der Waals surface area contributed by atoms with E-state index >= 15 is 0 Å². The second kappa shape index (κ2) is 9.89. The predicted molar refractivity (Wildman–Crippen MR) is 108 cm³/mol. The van der Waals surface area contributed by atoms with E-state index in [1.165, 1.54) is 9.58 Å². The third-order valence-electron chi connectivity index (χ3n) is 4.22. The Morgan fingerprint density at radius 3 is 2.79 bits per heavy atom. The summed E-state index contributed by atoms with van der Waals surface area (Å²) in [7, 11) is 0. The first-order valence-electron chi connectivity index (χ1n) is 9.36. The summed E-state index contributed by atoms with van der Waals surface area (Å²) < 4.78 is 6.10. The fourth-order valence-electron chi connectivity index (χ4n) is 2.96. The maximum atomic E-state index is 12.7. The van der Waals surface area contributed by atoms with E-state index in [9.17, 15) is 4.79 Å². The Kier molecular flexibility index (Phi) is 7.03. The van der Waals surface area contributed by atoms with Crippen molar-refractivity contribution in [3.63, 3.8) is 0 Å². The summed E-state index contributed by atoms with van der Waals surface area (Å²) in [5.41, 5.74) is 9.98. The van der Waals surface area contributed by atoms with Gasteiger partial charge < -0.3 is 10.6 Å². The van der Waals surface area contributed by atoms with Crippen molar-refractivity contribution in [1.29, 1.82) is 0 Å². The molecule has 3 aromatic heterocycles. The largest absolute Gasteiger partial charge is 0.378 e. The maximum absolute atomic E-state index is 12.7. The molecule has 12 heteroatoms. The lowest BCUT2D eigenvalue weighted by Gasteiger charge is -2.18. The van der Waals surface area contributed by atoms with Crippen LogP contribution in [-0.2, 0) is 6.54 Å². The molecule has 3 aromatic rings. The molecule has 3 heterocycles. The van der Waals surface area contributed by atoms with Crippen LogP contribution in [-0.4, -0.2) is 50.5 Å². The zero-order valence-corrected chi connectivity index (χ0v) is 17.1. The average molecular weight is 419 g/mol. The molecule has 0 saturated carbocycles. The first-order chi connectivity index (χ1) is 14.1. The van der Waals surface area contributed by atoms with Crippen LogP contribution in [0.5, 0.6) is 0 Å². The molecular weight excluding hydrogens is 394 g/mol. The Morgan fingerprint density at radius 1 is 1.38 bits per heavy atom. The molecule has 0 spiro atoms. The van der Waals surface area contributed by atoms with Gasteiger partial charge in [-0.25, -0.2) is 10.1 Å². The van der Waals surface area contributed by atoms with Gasteiger partial charge in [-0.2, -0.15) is 21.1 Å². The van der Waals surface area contributed by atoms with Crippen molar-refractivity contribution in [1.82, 2.24) is 30.7 Å². The summed E-state index contributed by atoms with van der Waals surface area (Å²) >= 11 is 1.55. The van der Waals surface area contributed by atoms with Gasteiger partial charge in [0.1, 0.15) is 12.2 Å². The van der Waals surface area contributed by atoms with Gasteiger partial charge in [0.2, 0.25) is 11.6 Å². The van der Waals surface area contributed by atoms with Gasteiger partial charge in [0, 0.05) is 5.56 Å². The smallest absolute Gasteiger partial charge is 0.294 e. The van der Waals surface area contributed by atoms with Gasteiger partial charge in [-0.3, -0.25) is 4.79 Å². The molecule has 0 aliphatic heterocycles. The van der Waals surface area contributed by atoms with E-state index in [0.29, 0.717) is 12.2 Å². The molecule has 154 valence electrons. The number of amides is 1. The molecular formula is C17H24N9O2S+. The van der Waals surface area contributed by atoms with Crippen LogP contribution in [0, 0.1) is 0 Å². The van der Waals surface area contributed by atoms with E-state index in [1.807, 2.05) is 16.8 Å². The second-order valence-electron chi connectivity index (χ2n) is 6.45. The van der Waals surface area contributed by atoms with Gasteiger partial charge in [-0.1, -0.05) is 19.1 Å². The van der Waals surface area contributed by atoms with Gasteiger partial charge in [0.05, 0.1) is 19.3 Å². The first-order valence-corrected chi connectivity index (χ1v) is 10.3. The number of anilines is 1. The van der Waals surface area contributed by atoms with E-state index in [4.69, 9.17) is 5.73 Å². The highest BCUT2D eigenvalue weighted by Gasteiger charge is 2.26. The maximum Gasteiger partial charge on any atom is 0.294 e. The standard InChI is InChI=1S/C17H23N9O2S/c1-3-6-25(7-4-2)10-13-14(17(27)21-19-9-12-5-8-29-11-12)20-24-26(13)16-15(18)22-28-23-16/h5,8-9,11H,3-4,6-7,10H2,1-2H3,(H2,18,22)(H,21,27)/p+1. The van der Waals surface area contributed by atoms with Crippen molar-refractivity contribution in [3.8, 4) is 5.82 Å². The number of nitrogens with zero attached hydrogens (tertiary/aromatic N) is 6. The van der Waals surface area contributed by atoms with Crippen LogP contribution >= 0.6 is 11.3 Å². The molecule has 0 aliphatic rings. The van der Waals surface area contributed by atoms with Crippen LogP contribution in [0.3, 0.4) is 0 Å². The lowest BCUT2D eigenvalue weighted by molar-refractivity contribution is -0.914. The number of hydrogen-bond donors (Lipinski definition) is 3. The summed E-state index contributed by atoms with van der Waals surface area (Å²) in [5, 5.41) is 23.4. The number of quaternary nitrogens is 1. The van der Waals surface area contributed by atoms with Crippen LogP contribution in [0.4, 0.5) is 5.82 Å². The molecule has 0 bridgehead atoms. The average Bonchev–Trinajstić information content (AvgIpc) is 3.43. The van der Waals surface area contributed by atoms with Crippen molar-refractivity contribution < 1.29 is 14.3 Å². The molecule has 0 atom stereocenters. The van der Waals surface area contributed by atoms with Crippen molar-refractivity contribution in [2.75, 3.05) is 18.8 Å². The van der Waals surface area contributed by atoms with Crippen molar-refractivity contribution >= 4 is 29.3 Å². The van der Waals surface area contributed by atoms with Crippen LogP contribution in [0.25, 0.3) is 5.82 Å². The second-order valence-corrected chi connectivity index (χ2v) is 7.23. The van der Waals surface area contributed by atoms with E-state index in [-0.39, 0.29) is 17.3 Å². The number of nitrogens with one attached hydrogen (secondary N) is 2. The zero-order valence-electron chi connectivity index (χ0n) is 16.3. The number of nitrogens with two attached hydrogens (primary N) is 1. The highest BCUT2D eigenvalue weighted by Crippen LogP contribution is 2.15. The van der Waals surface area contributed by atoms with Gasteiger partial charge in [0.15, 0.2) is 5.69 Å². The normalized spacial score (nSPS) is 11.6. The third-order valence-corrected chi connectivity index (χ3v) is 4.92. The number of aromatic nitrogens is 5.